The molecule has 1 saturated carbocycles. The minimum absolute atomic E-state index is 0.0664. The molecule has 1 heterocycles. The number of barbiturate groups is 1. The molecule has 0 spiro atoms. The van der Waals surface area contributed by atoms with E-state index in [4.69, 9.17) is 9.47 Å². The van der Waals surface area contributed by atoms with Gasteiger partial charge in [0.05, 0.1) is 14.2 Å². The highest BCUT2D eigenvalue weighted by Crippen LogP contribution is 2.34. The molecule has 148 valence electrons. The van der Waals surface area contributed by atoms with Crippen LogP contribution in [-0.2, 0) is 16.0 Å². The molecule has 1 aliphatic heterocycles. The van der Waals surface area contributed by atoms with Gasteiger partial charge in [0, 0.05) is 11.6 Å². The van der Waals surface area contributed by atoms with E-state index in [1.54, 1.807) is 19.3 Å². The van der Waals surface area contributed by atoms with Crippen molar-refractivity contribution >= 4 is 23.9 Å². The Hall–Kier alpha value is -3.09. The number of rotatable bonds is 6. The Morgan fingerprint density at radius 2 is 1.89 bits per heavy atom. The fraction of sp³-hybridized carbons (Fsp3) is 0.381. The quantitative estimate of drug-likeness (QED) is 0.463. The van der Waals surface area contributed by atoms with Gasteiger partial charge in [-0.1, -0.05) is 18.9 Å². The van der Waals surface area contributed by atoms with Crippen LogP contribution in [-0.4, -0.2) is 43.0 Å². The highest BCUT2D eigenvalue weighted by molar-refractivity contribution is 6.31. The van der Waals surface area contributed by atoms with E-state index in [1.807, 2.05) is 6.07 Å². The molecule has 7 heteroatoms. The third kappa shape index (κ3) is 3.65. The van der Waals surface area contributed by atoms with Gasteiger partial charge in [-0.3, -0.25) is 19.8 Å². The molecule has 3 rings (SSSR count). The average molecular weight is 384 g/mol. The number of benzene rings is 1. The lowest BCUT2D eigenvalue weighted by Gasteiger charge is -2.31. The largest absolute Gasteiger partial charge is 0.493 e. The van der Waals surface area contributed by atoms with E-state index in [0.717, 1.165) is 31.2 Å². The van der Waals surface area contributed by atoms with Crippen LogP contribution in [0.2, 0.25) is 0 Å². The number of methoxy groups -OCH3 is 2. The Balaban J connectivity index is 2.02. The van der Waals surface area contributed by atoms with Crippen molar-refractivity contribution < 1.29 is 23.9 Å². The Bertz CT molecular complexity index is 853. The molecular weight excluding hydrogens is 360 g/mol. The van der Waals surface area contributed by atoms with Crippen LogP contribution < -0.4 is 14.8 Å². The first kappa shape index (κ1) is 19.7. The van der Waals surface area contributed by atoms with Gasteiger partial charge in [0.25, 0.3) is 11.8 Å². The number of urea groups is 1. The van der Waals surface area contributed by atoms with Crippen molar-refractivity contribution in [2.45, 2.75) is 38.1 Å². The van der Waals surface area contributed by atoms with Gasteiger partial charge in [-0.15, -0.1) is 6.58 Å². The van der Waals surface area contributed by atoms with Gasteiger partial charge in [-0.2, -0.15) is 0 Å². The summed E-state index contributed by atoms with van der Waals surface area (Å²) in [5, 5.41) is 2.28. The molecule has 1 aromatic carbocycles. The summed E-state index contributed by atoms with van der Waals surface area (Å²) in [6.07, 6.45) is 7.21. The zero-order chi connectivity index (χ0) is 20.3. The Morgan fingerprint density at radius 1 is 1.18 bits per heavy atom. The van der Waals surface area contributed by atoms with Crippen molar-refractivity contribution in [1.82, 2.24) is 10.2 Å². The van der Waals surface area contributed by atoms with Crippen molar-refractivity contribution in [3.05, 3.63) is 41.5 Å². The molecule has 28 heavy (non-hydrogen) atoms. The maximum absolute atomic E-state index is 12.9. The predicted octanol–water partition coefficient (Wildman–Crippen LogP) is 2.84. The van der Waals surface area contributed by atoms with Crippen molar-refractivity contribution in [2.75, 3.05) is 14.2 Å². The molecule has 1 aliphatic carbocycles. The molecule has 7 nitrogen and oxygen atoms in total. The SMILES string of the molecule is C=CCc1cc(/C=C2\C(=O)NC(=O)N(C3CCCC3)C2=O)cc(OC)c1OC. The van der Waals surface area contributed by atoms with Crippen LogP contribution >= 0.6 is 0 Å². The van der Waals surface area contributed by atoms with Gasteiger partial charge in [-0.25, -0.2) is 4.79 Å². The zero-order valence-electron chi connectivity index (χ0n) is 16.1. The highest BCUT2D eigenvalue weighted by Gasteiger charge is 2.40. The molecule has 4 amide bonds. The summed E-state index contributed by atoms with van der Waals surface area (Å²) in [7, 11) is 3.07. The van der Waals surface area contributed by atoms with Crippen molar-refractivity contribution in [3.63, 3.8) is 0 Å². The summed E-state index contributed by atoms with van der Waals surface area (Å²) in [5.74, 6) is -0.183. The fourth-order valence-corrected chi connectivity index (χ4v) is 3.79. The van der Waals surface area contributed by atoms with Crippen molar-refractivity contribution in [3.8, 4) is 11.5 Å². The number of allylic oxidation sites excluding steroid dienone is 1. The number of carbonyl (C=O) groups is 3. The molecule has 1 N–H and O–H groups in total. The number of nitrogens with zero attached hydrogens (tertiary/aromatic N) is 1. The molecule has 0 radical (unpaired) electrons. The van der Waals surface area contributed by atoms with Crippen molar-refractivity contribution in [1.29, 1.82) is 0 Å². The maximum atomic E-state index is 12.9. The monoisotopic (exact) mass is 384 g/mol. The van der Waals surface area contributed by atoms with E-state index < -0.39 is 17.8 Å². The lowest BCUT2D eigenvalue weighted by molar-refractivity contribution is -0.131. The minimum atomic E-state index is -0.690. The number of ether oxygens (including phenoxy) is 2. The third-order valence-corrected chi connectivity index (χ3v) is 5.08. The van der Waals surface area contributed by atoms with E-state index >= 15 is 0 Å². The van der Waals surface area contributed by atoms with Gasteiger partial charge in [0.15, 0.2) is 11.5 Å². The van der Waals surface area contributed by atoms with Gasteiger partial charge >= 0.3 is 6.03 Å². The van der Waals surface area contributed by atoms with Crippen LogP contribution in [0.3, 0.4) is 0 Å². The lowest BCUT2D eigenvalue weighted by atomic mass is 10.0. The Labute approximate surface area is 164 Å². The first-order chi connectivity index (χ1) is 13.5. The number of hydrogen-bond acceptors (Lipinski definition) is 5. The standard InChI is InChI=1S/C21H24N2O5/c1-4-7-14-10-13(12-17(27-2)18(14)28-3)11-16-19(24)22-21(26)23(20(16)25)15-8-5-6-9-15/h4,10-12,15H,1,5-9H2,2-3H3,(H,22,24,26)/b16-11+. The lowest BCUT2D eigenvalue weighted by Crippen LogP contribution is -2.57. The molecule has 0 unspecified atom stereocenters. The summed E-state index contributed by atoms with van der Waals surface area (Å²) in [4.78, 5) is 38.7. The van der Waals surface area contributed by atoms with E-state index in [0.29, 0.717) is 23.5 Å². The molecule has 0 aromatic heterocycles. The van der Waals surface area contributed by atoms with E-state index in [9.17, 15) is 14.4 Å². The average Bonchev–Trinajstić information content (AvgIpc) is 3.19. The third-order valence-electron chi connectivity index (χ3n) is 5.08. The summed E-state index contributed by atoms with van der Waals surface area (Å²) < 4.78 is 10.8. The van der Waals surface area contributed by atoms with Crippen LogP contribution in [0.15, 0.2) is 30.4 Å². The molecule has 2 fully saturated rings. The zero-order valence-corrected chi connectivity index (χ0v) is 16.1. The molecular formula is C21H24N2O5. The minimum Gasteiger partial charge on any atom is -0.493 e. The molecule has 1 aromatic rings. The van der Waals surface area contributed by atoms with Gasteiger partial charge in [0.2, 0.25) is 0 Å². The topological polar surface area (TPSA) is 84.9 Å². The number of amides is 4. The number of imide groups is 2. The smallest absolute Gasteiger partial charge is 0.331 e. The first-order valence-corrected chi connectivity index (χ1v) is 9.26. The molecule has 2 aliphatic rings. The fourth-order valence-electron chi connectivity index (χ4n) is 3.79. The van der Waals surface area contributed by atoms with E-state index in [2.05, 4.69) is 11.9 Å². The second-order valence-corrected chi connectivity index (χ2v) is 6.84. The van der Waals surface area contributed by atoms with Gasteiger partial charge in [-0.05, 0) is 43.0 Å². The maximum Gasteiger partial charge on any atom is 0.331 e. The van der Waals surface area contributed by atoms with Crippen molar-refractivity contribution in [2.24, 2.45) is 0 Å². The number of carbonyl (C=O) groups excluding carboxylic acids is 3. The molecule has 0 atom stereocenters. The Morgan fingerprint density at radius 3 is 2.50 bits per heavy atom. The second-order valence-electron chi connectivity index (χ2n) is 6.84. The van der Waals surface area contributed by atoms with Crippen LogP contribution in [0.4, 0.5) is 4.79 Å². The highest BCUT2D eigenvalue weighted by atomic mass is 16.5. The van der Waals surface area contributed by atoms with E-state index in [-0.39, 0.29) is 11.6 Å². The predicted molar refractivity (Wildman–Crippen MR) is 104 cm³/mol. The summed E-state index contributed by atoms with van der Waals surface area (Å²) in [6, 6.07) is 2.70. The second kappa shape index (κ2) is 8.29. The normalized spacial score (nSPS) is 19.1. The van der Waals surface area contributed by atoms with Gasteiger partial charge in [0.1, 0.15) is 5.57 Å². The summed E-state index contributed by atoms with van der Waals surface area (Å²) >= 11 is 0. The van der Waals surface area contributed by atoms with Crippen LogP contribution in [0.1, 0.15) is 36.8 Å². The van der Waals surface area contributed by atoms with E-state index in [1.165, 1.54) is 18.1 Å². The summed E-state index contributed by atoms with van der Waals surface area (Å²) in [6.45, 7) is 3.74. The van der Waals surface area contributed by atoms with Crippen LogP contribution in [0.5, 0.6) is 11.5 Å². The number of hydrogen-bond donors (Lipinski definition) is 1. The van der Waals surface area contributed by atoms with Crippen LogP contribution in [0, 0.1) is 0 Å². The van der Waals surface area contributed by atoms with Crippen LogP contribution in [0.25, 0.3) is 6.08 Å². The Kier molecular flexibility index (Phi) is 5.82. The molecule has 0 bridgehead atoms. The first-order valence-electron chi connectivity index (χ1n) is 9.26. The summed E-state index contributed by atoms with van der Waals surface area (Å²) in [5.41, 5.74) is 1.35. The molecule has 1 saturated heterocycles. The van der Waals surface area contributed by atoms with Gasteiger partial charge < -0.3 is 9.47 Å². The number of nitrogens with one attached hydrogen (secondary N) is 1.